The van der Waals surface area contributed by atoms with E-state index in [2.05, 4.69) is 25.7 Å². The van der Waals surface area contributed by atoms with E-state index in [-0.39, 0.29) is 0 Å². The van der Waals surface area contributed by atoms with Crippen LogP contribution in [0.4, 0.5) is 0 Å². The SMILES string of the molecule is CCCCCCCCCCCCCCCCCCO[Si](C)(CCCNCCN)OCCCCCCCCCCCCCCCCCC. The maximum atomic E-state index is 6.55. The highest BCUT2D eigenvalue weighted by molar-refractivity contribution is 6.66. The maximum Gasteiger partial charge on any atom is 0.334 e. The van der Waals surface area contributed by atoms with Gasteiger partial charge in [-0.05, 0) is 38.4 Å². The molecule has 0 amide bonds. The molecule has 0 aliphatic heterocycles. The number of hydrogen-bond acceptors (Lipinski definition) is 4. The fraction of sp³-hybridized carbons (Fsp3) is 1.00. The zero-order valence-corrected chi connectivity index (χ0v) is 34.0. The summed E-state index contributed by atoms with van der Waals surface area (Å²) in [6, 6.07) is 1.09. The first-order valence-electron chi connectivity index (χ1n) is 21.9. The summed E-state index contributed by atoms with van der Waals surface area (Å²) in [6.07, 6.45) is 46.2. The Morgan fingerprint density at radius 3 is 0.936 bits per heavy atom. The topological polar surface area (TPSA) is 56.5 Å². The van der Waals surface area contributed by atoms with Gasteiger partial charge in [0.15, 0.2) is 0 Å². The van der Waals surface area contributed by atoms with Crippen molar-refractivity contribution in [3.63, 3.8) is 0 Å². The molecule has 3 N–H and O–H groups in total. The summed E-state index contributed by atoms with van der Waals surface area (Å²) in [6.45, 7) is 11.3. The maximum absolute atomic E-state index is 6.55. The van der Waals surface area contributed by atoms with Crippen LogP contribution in [0.1, 0.15) is 226 Å². The largest absolute Gasteiger partial charge is 0.394 e. The minimum Gasteiger partial charge on any atom is -0.394 e. The molecule has 0 spiro atoms. The Hall–Kier alpha value is 0.0569. The quantitative estimate of drug-likeness (QED) is 0.0497. The Balaban J connectivity index is 3.78. The van der Waals surface area contributed by atoms with Gasteiger partial charge in [0, 0.05) is 26.3 Å². The van der Waals surface area contributed by atoms with Crippen LogP contribution >= 0.6 is 0 Å². The standard InChI is InChI=1S/C42H90N2O2Si/c1-4-6-8-10-12-14-16-18-20-22-24-26-28-30-32-34-40-45-47(3,42-36-38-44-39-37-43)46-41-35-33-31-29-27-25-23-21-19-17-15-13-11-9-7-5-2/h44H,4-43H2,1-3H3. The van der Waals surface area contributed by atoms with E-state index in [1.165, 1.54) is 205 Å². The lowest BCUT2D eigenvalue weighted by atomic mass is 10.0. The lowest BCUT2D eigenvalue weighted by Crippen LogP contribution is -2.40. The van der Waals surface area contributed by atoms with Gasteiger partial charge in [0.25, 0.3) is 0 Å². The molecule has 47 heavy (non-hydrogen) atoms. The summed E-state index contributed by atoms with van der Waals surface area (Å²) in [5.41, 5.74) is 5.65. The van der Waals surface area contributed by atoms with E-state index in [9.17, 15) is 0 Å². The van der Waals surface area contributed by atoms with Crippen molar-refractivity contribution in [1.82, 2.24) is 5.32 Å². The normalized spacial score (nSPS) is 12.0. The summed E-state index contributed by atoms with van der Waals surface area (Å²) >= 11 is 0. The zero-order valence-electron chi connectivity index (χ0n) is 33.0. The van der Waals surface area contributed by atoms with E-state index in [0.29, 0.717) is 6.54 Å². The molecule has 0 atom stereocenters. The van der Waals surface area contributed by atoms with Gasteiger partial charge in [-0.1, -0.05) is 206 Å². The molecule has 0 aliphatic carbocycles. The lowest BCUT2D eigenvalue weighted by Gasteiger charge is -2.27. The Labute approximate surface area is 298 Å². The van der Waals surface area contributed by atoms with Gasteiger partial charge < -0.3 is 19.9 Å². The molecule has 0 aromatic carbocycles. The molecule has 0 aromatic heterocycles. The van der Waals surface area contributed by atoms with Crippen molar-refractivity contribution in [2.75, 3.05) is 32.8 Å². The predicted octanol–water partition coefficient (Wildman–Crippen LogP) is 13.6. The molecule has 0 unspecified atom stereocenters. The number of hydrogen-bond donors (Lipinski definition) is 2. The molecule has 0 aliphatic rings. The van der Waals surface area contributed by atoms with Gasteiger partial charge >= 0.3 is 8.56 Å². The summed E-state index contributed by atoms with van der Waals surface area (Å²) in [5, 5.41) is 3.45. The highest BCUT2D eigenvalue weighted by Gasteiger charge is 2.30. The van der Waals surface area contributed by atoms with Crippen LogP contribution < -0.4 is 11.1 Å². The molecule has 0 bridgehead atoms. The average molecular weight is 683 g/mol. The first-order valence-corrected chi connectivity index (χ1v) is 24.4. The van der Waals surface area contributed by atoms with Crippen LogP contribution in [0.2, 0.25) is 12.6 Å². The van der Waals surface area contributed by atoms with Crippen LogP contribution in [0, 0.1) is 0 Å². The summed E-state index contributed by atoms with van der Waals surface area (Å²) in [4.78, 5) is 0. The number of rotatable bonds is 42. The lowest BCUT2D eigenvalue weighted by molar-refractivity contribution is 0.166. The van der Waals surface area contributed by atoms with E-state index in [1.54, 1.807) is 0 Å². The smallest absolute Gasteiger partial charge is 0.334 e. The molecule has 0 aromatic rings. The molecule has 284 valence electrons. The van der Waals surface area contributed by atoms with Crippen molar-refractivity contribution in [3.8, 4) is 0 Å². The summed E-state index contributed by atoms with van der Waals surface area (Å²) in [5.74, 6) is 0. The van der Waals surface area contributed by atoms with E-state index in [4.69, 9.17) is 14.6 Å². The van der Waals surface area contributed by atoms with Crippen molar-refractivity contribution in [2.45, 2.75) is 238 Å². The summed E-state index contributed by atoms with van der Waals surface area (Å²) < 4.78 is 13.1. The second-order valence-electron chi connectivity index (χ2n) is 15.1. The first-order chi connectivity index (χ1) is 23.2. The van der Waals surface area contributed by atoms with Crippen LogP contribution in [0.15, 0.2) is 0 Å². The monoisotopic (exact) mass is 683 g/mol. The van der Waals surface area contributed by atoms with Crippen LogP contribution in [-0.2, 0) is 8.85 Å². The predicted molar refractivity (Wildman–Crippen MR) is 214 cm³/mol. The molecule has 0 radical (unpaired) electrons. The molecular weight excluding hydrogens is 593 g/mol. The molecule has 4 nitrogen and oxygen atoms in total. The molecule has 0 fully saturated rings. The van der Waals surface area contributed by atoms with E-state index in [1.807, 2.05) is 0 Å². The molecule has 5 heteroatoms. The van der Waals surface area contributed by atoms with Gasteiger partial charge in [-0.15, -0.1) is 0 Å². The average Bonchev–Trinajstić information content (AvgIpc) is 3.07. The van der Waals surface area contributed by atoms with E-state index >= 15 is 0 Å². The minimum absolute atomic E-state index is 0.709. The zero-order chi connectivity index (χ0) is 34.2. The van der Waals surface area contributed by atoms with Gasteiger partial charge in [-0.2, -0.15) is 0 Å². The van der Waals surface area contributed by atoms with E-state index < -0.39 is 8.56 Å². The minimum atomic E-state index is -2.10. The number of nitrogens with one attached hydrogen (secondary N) is 1. The fourth-order valence-electron chi connectivity index (χ4n) is 6.82. The molecule has 0 saturated carbocycles. The van der Waals surface area contributed by atoms with Crippen LogP contribution in [-0.4, -0.2) is 41.4 Å². The van der Waals surface area contributed by atoms with Crippen LogP contribution in [0.5, 0.6) is 0 Å². The van der Waals surface area contributed by atoms with Gasteiger partial charge in [0.1, 0.15) is 0 Å². The number of nitrogens with two attached hydrogens (primary N) is 1. The van der Waals surface area contributed by atoms with Gasteiger partial charge in [0.2, 0.25) is 0 Å². The van der Waals surface area contributed by atoms with Crippen molar-refractivity contribution < 1.29 is 8.85 Å². The Morgan fingerprint density at radius 1 is 0.383 bits per heavy atom. The van der Waals surface area contributed by atoms with Crippen molar-refractivity contribution >= 4 is 8.56 Å². The third-order valence-corrected chi connectivity index (χ3v) is 13.0. The van der Waals surface area contributed by atoms with Gasteiger partial charge in [-0.3, -0.25) is 0 Å². The summed E-state index contributed by atoms with van der Waals surface area (Å²) in [7, 11) is -2.10. The first kappa shape index (κ1) is 47.1. The Morgan fingerprint density at radius 2 is 0.660 bits per heavy atom. The Bertz CT molecular complexity index is 527. The highest BCUT2D eigenvalue weighted by atomic mass is 28.4. The molecule has 0 rings (SSSR count). The third-order valence-electron chi connectivity index (χ3n) is 10.1. The van der Waals surface area contributed by atoms with Gasteiger partial charge in [0.05, 0.1) is 0 Å². The van der Waals surface area contributed by atoms with Crippen LogP contribution in [0.25, 0.3) is 0 Å². The van der Waals surface area contributed by atoms with Crippen molar-refractivity contribution in [3.05, 3.63) is 0 Å². The second kappa shape index (κ2) is 40.5. The number of unbranched alkanes of at least 4 members (excludes halogenated alkanes) is 30. The van der Waals surface area contributed by atoms with Gasteiger partial charge in [-0.25, -0.2) is 0 Å². The highest BCUT2D eigenvalue weighted by Crippen LogP contribution is 2.19. The molecule has 0 saturated heterocycles. The van der Waals surface area contributed by atoms with Crippen molar-refractivity contribution in [2.24, 2.45) is 5.73 Å². The molecule has 0 heterocycles. The third kappa shape index (κ3) is 38.7. The second-order valence-corrected chi connectivity index (χ2v) is 18.4. The molecular formula is C42H90N2O2Si. The fourth-order valence-corrected chi connectivity index (χ4v) is 9.17. The van der Waals surface area contributed by atoms with E-state index in [0.717, 1.165) is 38.8 Å². The van der Waals surface area contributed by atoms with Crippen molar-refractivity contribution in [1.29, 1.82) is 0 Å². The Kier molecular flexibility index (Phi) is 40.5. The van der Waals surface area contributed by atoms with Crippen LogP contribution in [0.3, 0.4) is 0 Å².